The minimum atomic E-state index is -0.112. The lowest BCUT2D eigenvalue weighted by atomic mass is 9.85. The summed E-state index contributed by atoms with van der Waals surface area (Å²) in [5, 5.41) is 9.63. The average molecular weight is 241 g/mol. The van der Waals surface area contributed by atoms with E-state index in [4.69, 9.17) is 11.6 Å². The molecule has 2 nitrogen and oxygen atoms in total. The van der Waals surface area contributed by atoms with Crippen LogP contribution in [0.25, 0.3) is 0 Å². The quantitative estimate of drug-likeness (QED) is 0.649. The lowest BCUT2D eigenvalue weighted by molar-refractivity contribution is 0.0986. The highest BCUT2D eigenvalue weighted by molar-refractivity contribution is 6.19. The molecule has 3 heteroatoms. The number of rotatable bonds is 3. The van der Waals surface area contributed by atoms with E-state index >= 15 is 0 Å². The Kier molecular flexibility index (Phi) is 3.98. The van der Waals surface area contributed by atoms with E-state index in [-0.39, 0.29) is 29.2 Å². The molecule has 0 saturated carbocycles. The van der Waals surface area contributed by atoms with Gasteiger partial charge in [-0.1, -0.05) is 26.8 Å². The van der Waals surface area contributed by atoms with Gasteiger partial charge in [-0.3, -0.25) is 4.79 Å². The summed E-state index contributed by atoms with van der Waals surface area (Å²) in [6.45, 7) is 6.19. The summed E-state index contributed by atoms with van der Waals surface area (Å²) < 4.78 is 0. The number of carbonyl (C=O) groups excluding carboxylic acids is 1. The lowest BCUT2D eigenvalue weighted by Gasteiger charge is -2.20. The van der Waals surface area contributed by atoms with Crippen molar-refractivity contribution < 1.29 is 9.90 Å². The number of alkyl halides is 1. The van der Waals surface area contributed by atoms with Crippen LogP contribution in [0.1, 0.15) is 43.1 Å². The number of carbonyl (C=O) groups is 1. The Hall–Kier alpha value is -1.02. The van der Waals surface area contributed by atoms with Crippen LogP contribution in [0.5, 0.6) is 5.75 Å². The fourth-order valence-electron chi connectivity index (χ4n) is 1.45. The third-order valence-corrected chi connectivity index (χ3v) is 2.67. The van der Waals surface area contributed by atoms with E-state index in [1.807, 2.05) is 6.07 Å². The standard InChI is InChI=1S/C13H17ClO2/c1-13(2,3)9-4-5-11(15)10(8-9)12(16)6-7-14/h4-5,8,15H,6-7H2,1-3H3. The minimum Gasteiger partial charge on any atom is -0.507 e. The van der Waals surface area contributed by atoms with Gasteiger partial charge in [-0.25, -0.2) is 0 Å². The molecule has 1 rings (SSSR count). The van der Waals surface area contributed by atoms with E-state index in [0.717, 1.165) is 5.56 Å². The molecule has 0 bridgehead atoms. The highest BCUT2D eigenvalue weighted by Crippen LogP contribution is 2.28. The Bertz CT molecular complexity index is 391. The second-order valence-corrected chi connectivity index (χ2v) is 5.22. The maximum absolute atomic E-state index is 11.7. The van der Waals surface area contributed by atoms with Crippen LogP contribution in [0, 0.1) is 0 Å². The normalized spacial score (nSPS) is 11.5. The van der Waals surface area contributed by atoms with Crippen molar-refractivity contribution >= 4 is 17.4 Å². The predicted molar refractivity (Wildman–Crippen MR) is 66.5 cm³/mol. The molecule has 0 spiro atoms. The molecular formula is C13H17ClO2. The van der Waals surface area contributed by atoms with Crippen molar-refractivity contribution in [1.29, 1.82) is 0 Å². The zero-order chi connectivity index (χ0) is 12.3. The second kappa shape index (κ2) is 4.88. The summed E-state index contributed by atoms with van der Waals surface area (Å²) in [6, 6.07) is 5.17. The van der Waals surface area contributed by atoms with Crippen molar-refractivity contribution in [3.05, 3.63) is 29.3 Å². The van der Waals surface area contributed by atoms with Crippen LogP contribution in [0.2, 0.25) is 0 Å². The molecule has 0 radical (unpaired) electrons. The maximum Gasteiger partial charge on any atom is 0.167 e. The number of Topliss-reactive ketones (excluding diaryl/α,β-unsaturated/α-hetero) is 1. The number of halogens is 1. The van der Waals surface area contributed by atoms with Gasteiger partial charge in [-0.2, -0.15) is 0 Å². The van der Waals surface area contributed by atoms with Crippen molar-refractivity contribution in [3.8, 4) is 5.75 Å². The van der Waals surface area contributed by atoms with Crippen molar-refractivity contribution in [2.45, 2.75) is 32.6 Å². The zero-order valence-corrected chi connectivity index (χ0v) is 10.6. The lowest BCUT2D eigenvalue weighted by Crippen LogP contribution is -2.12. The van der Waals surface area contributed by atoms with Crippen LogP contribution in [0.15, 0.2) is 18.2 Å². The molecule has 0 aromatic heterocycles. The molecule has 0 unspecified atom stereocenters. The predicted octanol–water partition coefficient (Wildman–Crippen LogP) is 3.50. The Labute approximate surface area is 101 Å². The van der Waals surface area contributed by atoms with E-state index in [0.29, 0.717) is 5.56 Å². The number of hydrogen-bond acceptors (Lipinski definition) is 2. The van der Waals surface area contributed by atoms with Gasteiger partial charge in [0.05, 0.1) is 5.56 Å². The maximum atomic E-state index is 11.7. The summed E-state index contributed by atoms with van der Waals surface area (Å²) in [5.74, 6) is 0.194. The van der Waals surface area contributed by atoms with E-state index in [1.54, 1.807) is 12.1 Å². The topological polar surface area (TPSA) is 37.3 Å². The van der Waals surface area contributed by atoms with Gasteiger partial charge in [0.2, 0.25) is 0 Å². The Morgan fingerprint density at radius 1 is 1.38 bits per heavy atom. The van der Waals surface area contributed by atoms with Crippen LogP contribution < -0.4 is 0 Å². The molecule has 0 aliphatic heterocycles. The third kappa shape index (κ3) is 2.99. The molecule has 1 N–H and O–H groups in total. The summed E-state index contributed by atoms with van der Waals surface area (Å²) in [5.41, 5.74) is 1.36. The smallest absolute Gasteiger partial charge is 0.167 e. The second-order valence-electron chi connectivity index (χ2n) is 4.84. The van der Waals surface area contributed by atoms with Gasteiger partial charge in [0.15, 0.2) is 5.78 Å². The summed E-state index contributed by atoms with van der Waals surface area (Å²) in [6.07, 6.45) is 0.253. The molecule has 0 amide bonds. The molecule has 0 aliphatic rings. The first-order valence-corrected chi connectivity index (χ1v) is 5.82. The Morgan fingerprint density at radius 2 is 2.00 bits per heavy atom. The van der Waals surface area contributed by atoms with Crippen molar-refractivity contribution in [1.82, 2.24) is 0 Å². The molecule has 1 aromatic rings. The number of phenols is 1. The molecule has 88 valence electrons. The van der Waals surface area contributed by atoms with Gasteiger partial charge in [0.25, 0.3) is 0 Å². The van der Waals surface area contributed by atoms with E-state index in [2.05, 4.69) is 20.8 Å². The highest BCUT2D eigenvalue weighted by Gasteiger charge is 2.18. The van der Waals surface area contributed by atoms with E-state index in [9.17, 15) is 9.90 Å². The van der Waals surface area contributed by atoms with Gasteiger partial charge in [-0.15, -0.1) is 11.6 Å². The first kappa shape index (κ1) is 13.0. The van der Waals surface area contributed by atoms with Crippen LogP contribution in [-0.2, 0) is 5.41 Å². The molecule has 0 atom stereocenters. The van der Waals surface area contributed by atoms with Gasteiger partial charge in [-0.05, 0) is 23.1 Å². The monoisotopic (exact) mass is 240 g/mol. The van der Waals surface area contributed by atoms with Crippen LogP contribution in [-0.4, -0.2) is 16.8 Å². The van der Waals surface area contributed by atoms with Crippen LogP contribution in [0.4, 0.5) is 0 Å². The number of aromatic hydroxyl groups is 1. The number of phenolic OH excluding ortho intramolecular Hbond substituents is 1. The number of hydrogen-bond donors (Lipinski definition) is 1. The van der Waals surface area contributed by atoms with Gasteiger partial charge >= 0.3 is 0 Å². The number of benzene rings is 1. The highest BCUT2D eigenvalue weighted by atomic mass is 35.5. The molecule has 0 saturated heterocycles. The van der Waals surface area contributed by atoms with Gasteiger partial charge < -0.3 is 5.11 Å². The largest absolute Gasteiger partial charge is 0.507 e. The zero-order valence-electron chi connectivity index (χ0n) is 9.88. The SMILES string of the molecule is CC(C)(C)c1ccc(O)c(C(=O)CCCl)c1. The molecule has 0 aliphatic carbocycles. The van der Waals surface area contributed by atoms with E-state index in [1.165, 1.54) is 0 Å². The molecular weight excluding hydrogens is 224 g/mol. The fraction of sp³-hybridized carbons (Fsp3) is 0.462. The first-order valence-electron chi connectivity index (χ1n) is 5.29. The van der Waals surface area contributed by atoms with Gasteiger partial charge in [0.1, 0.15) is 5.75 Å². The van der Waals surface area contributed by atoms with Crippen LogP contribution >= 0.6 is 11.6 Å². The minimum absolute atomic E-state index is 0.0307. The average Bonchev–Trinajstić information content (AvgIpc) is 2.16. The number of ketones is 1. The van der Waals surface area contributed by atoms with Gasteiger partial charge in [0, 0.05) is 12.3 Å². The fourth-order valence-corrected chi connectivity index (χ4v) is 1.62. The molecule has 16 heavy (non-hydrogen) atoms. The summed E-state index contributed by atoms with van der Waals surface area (Å²) >= 11 is 5.53. The van der Waals surface area contributed by atoms with Crippen molar-refractivity contribution in [2.75, 3.05) is 5.88 Å². The summed E-state index contributed by atoms with van der Waals surface area (Å²) in [7, 11) is 0. The Balaban J connectivity index is 3.14. The molecule has 0 heterocycles. The molecule has 0 fully saturated rings. The van der Waals surface area contributed by atoms with Crippen molar-refractivity contribution in [3.63, 3.8) is 0 Å². The van der Waals surface area contributed by atoms with Crippen molar-refractivity contribution in [2.24, 2.45) is 0 Å². The van der Waals surface area contributed by atoms with E-state index < -0.39 is 0 Å². The summed E-state index contributed by atoms with van der Waals surface area (Å²) in [4.78, 5) is 11.7. The third-order valence-electron chi connectivity index (χ3n) is 2.48. The molecule has 1 aromatic carbocycles. The first-order chi connectivity index (χ1) is 7.36. The Morgan fingerprint density at radius 3 is 2.50 bits per heavy atom. The van der Waals surface area contributed by atoms with Crippen LogP contribution in [0.3, 0.4) is 0 Å².